The van der Waals surface area contributed by atoms with Gasteiger partial charge in [-0.25, -0.2) is 13.6 Å². The second kappa shape index (κ2) is 7.55. The van der Waals surface area contributed by atoms with Gasteiger partial charge in [-0.15, -0.1) is 0 Å². The Labute approximate surface area is 191 Å². The van der Waals surface area contributed by atoms with E-state index < -0.39 is 10.0 Å². The van der Waals surface area contributed by atoms with Crippen molar-refractivity contribution in [3.63, 3.8) is 0 Å². The number of hydrogen-bond donors (Lipinski definition) is 2. The average Bonchev–Trinajstić information content (AvgIpc) is 3.17. The maximum Gasteiger partial charge on any atom is 0.238 e. The highest BCUT2D eigenvalue weighted by atomic mass is 32.2. The maximum absolute atomic E-state index is 11.4. The summed E-state index contributed by atoms with van der Waals surface area (Å²) in [5.41, 5.74) is 4.67. The number of likely N-dealkylation sites (N-methyl/N-ethyl adjacent to an activating group) is 1. The molecule has 0 spiro atoms. The molecule has 2 aliphatic carbocycles. The van der Waals surface area contributed by atoms with Crippen LogP contribution in [0.25, 0.3) is 0 Å². The molecule has 2 fully saturated rings. The molecule has 3 aliphatic rings. The van der Waals surface area contributed by atoms with Gasteiger partial charge in [0, 0.05) is 18.0 Å². The summed E-state index contributed by atoms with van der Waals surface area (Å²) in [7, 11) is 0.394. The standard InChI is InChI=1S/C25H33N3O3S/c1-24-22-16-28(2)23(24)14-18-6-7-19(31-3)15-21(18)25(22,24)11-13-27-12-10-17-4-8-20(9-5-17)32(26,29)30/h4-9,15,22-23,27H,10-14,16H2,1-3H3,(H2,26,29,30)/t22-,23+,24-,25-/m0/s1. The molecule has 172 valence electrons. The van der Waals surface area contributed by atoms with Gasteiger partial charge in [-0.1, -0.05) is 25.1 Å². The van der Waals surface area contributed by atoms with Gasteiger partial charge in [-0.2, -0.15) is 0 Å². The summed E-state index contributed by atoms with van der Waals surface area (Å²) in [5, 5.41) is 8.82. The number of nitrogens with one attached hydrogen (secondary N) is 1. The third-order valence-electron chi connectivity index (χ3n) is 8.64. The Morgan fingerprint density at radius 3 is 2.62 bits per heavy atom. The second-order valence-corrected chi connectivity index (χ2v) is 11.5. The van der Waals surface area contributed by atoms with Crippen molar-refractivity contribution >= 4 is 10.0 Å². The lowest BCUT2D eigenvalue weighted by Crippen LogP contribution is -2.46. The van der Waals surface area contributed by atoms with Crippen LogP contribution in [-0.4, -0.2) is 53.2 Å². The average molecular weight is 456 g/mol. The van der Waals surface area contributed by atoms with Crippen molar-refractivity contribution in [2.45, 2.75) is 42.5 Å². The fourth-order valence-electron chi connectivity index (χ4n) is 6.96. The second-order valence-electron chi connectivity index (χ2n) is 9.93. The van der Waals surface area contributed by atoms with Crippen LogP contribution in [0, 0.1) is 11.3 Å². The zero-order valence-electron chi connectivity index (χ0n) is 19.1. The topological polar surface area (TPSA) is 84.7 Å². The number of fused-ring (bicyclic) bond motifs is 3. The monoisotopic (exact) mass is 455 g/mol. The van der Waals surface area contributed by atoms with E-state index in [0.29, 0.717) is 17.4 Å². The first-order chi connectivity index (χ1) is 15.2. The van der Waals surface area contributed by atoms with Crippen molar-refractivity contribution in [2.75, 3.05) is 33.8 Å². The van der Waals surface area contributed by atoms with Gasteiger partial charge >= 0.3 is 0 Å². The lowest BCUT2D eigenvalue weighted by molar-refractivity contribution is 0.170. The van der Waals surface area contributed by atoms with Crippen molar-refractivity contribution in [1.29, 1.82) is 0 Å². The number of rotatable bonds is 8. The first-order valence-electron chi connectivity index (χ1n) is 11.4. The molecule has 0 amide bonds. The van der Waals surface area contributed by atoms with Gasteiger partial charge < -0.3 is 15.0 Å². The maximum atomic E-state index is 11.4. The number of piperidine rings is 1. The Bertz CT molecular complexity index is 1130. The predicted molar refractivity (Wildman–Crippen MR) is 125 cm³/mol. The van der Waals surface area contributed by atoms with Gasteiger partial charge in [0.25, 0.3) is 0 Å². The smallest absolute Gasteiger partial charge is 0.238 e. The molecule has 0 bridgehead atoms. The van der Waals surface area contributed by atoms with E-state index in [9.17, 15) is 8.42 Å². The van der Waals surface area contributed by atoms with Crippen LogP contribution in [0.4, 0.5) is 0 Å². The Hall–Kier alpha value is -1.93. The third kappa shape index (κ3) is 3.13. The van der Waals surface area contributed by atoms with Gasteiger partial charge in [0.15, 0.2) is 0 Å². The van der Waals surface area contributed by atoms with Gasteiger partial charge in [0.2, 0.25) is 10.0 Å². The van der Waals surface area contributed by atoms with Gasteiger partial charge in [0.05, 0.1) is 12.0 Å². The minimum Gasteiger partial charge on any atom is -0.497 e. The van der Waals surface area contributed by atoms with Crippen molar-refractivity contribution < 1.29 is 13.2 Å². The molecule has 6 nitrogen and oxygen atoms in total. The van der Waals surface area contributed by atoms with Crippen molar-refractivity contribution in [3.05, 3.63) is 59.2 Å². The molecule has 0 unspecified atom stereocenters. The Balaban J connectivity index is 1.26. The number of hydrogen-bond acceptors (Lipinski definition) is 5. The Morgan fingerprint density at radius 2 is 1.94 bits per heavy atom. The van der Waals surface area contributed by atoms with Crippen LogP contribution in [0.3, 0.4) is 0 Å². The van der Waals surface area contributed by atoms with Crippen LogP contribution < -0.4 is 15.2 Å². The molecule has 0 radical (unpaired) electrons. The molecule has 5 rings (SSSR count). The molecule has 7 heteroatoms. The van der Waals surface area contributed by atoms with E-state index in [4.69, 9.17) is 9.88 Å². The number of benzene rings is 2. The summed E-state index contributed by atoms with van der Waals surface area (Å²) < 4.78 is 28.4. The zero-order chi connectivity index (χ0) is 22.7. The lowest BCUT2D eigenvalue weighted by Gasteiger charge is -2.41. The molecule has 1 saturated carbocycles. The highest BCUT2D eigenvalue weighted by molar-refractivity contribution is 7.89. The molecule has 0 aromatic heterocycles. The summed E-state index contributed by atoms with van der Waals surface area (Å²) >= 11 is 0. The number of methoxy groups -OCH3 is 1. The number of likely N-dealkylation sites (tertiary alicyclic amines) is 1. The number of nitrogens with zero attached hydrogens (tertiary/aromatic N) is 1. The van der Waals surface area contributed by atoms with E-state index >= 15 is 0 Å². The van der Waals surface area contributed by atoms with Crippen molar-refractivity contribution in [2.24, 2.45) is 16.5 Å². The lowest BCUT2D eigenvalue weighted by atomic mass is 9.71. The van der Waals surface area contributed by atoms with Crippen LogP contribution in [0.2, 0.25) is 0 Å². The first-order valence-corrected chi connectivity index (χ1v) is 13.0. The van der Waals surface area contributed by atoms with Crippen molar-refractivity contribution in [3.8, 4) is 5.75 Å². The van der Waals surface area contributed by atoms with Gasteiger partial charge in [-0.05, 0) is 91.7 Å². The van der Waals surface area contributed by atoms with Crippen LogP contribution >= 0.6 is 0 Å². The van der Waals surface area contributed by atoms with E-state index in [1.165, 1.54) is 17.7 Å². The Morgan fingerprint density at radius 1 is 1.19 bits per heavy atom. The Kier molecular flexibility index (Phi) is 5.17. The summed E-state index contributed by atoms with van der Waals surface area (Å²) in [6.45, 7) is 5.50. The molecule has 1 heterocycles. The third-order valence-corrected chi connectivity index (χ3v) is 9.57. The van der Waals surface area contributed by atoms with Gasteiger partial charge in [-0.3, -0.25) is 0 Å². The van der Waals surface area contributed by atoms with E-state index in [1.54, 1.807) is 19.2 Å². The van der Waals surface area contributed by atoms with Crippen molar-refractivity contribution in [1.82, 2.24) is 10.2 Å². The van der Waals surface area contributed by atoms with Crippen LogP contribution in [0.15, 0.2) is 47.4 Å². The van der Waals surface area contributed by atoms with Crippen LogP contribution in [0.5, 0.6) is 5.75 Å². The molecule has 4 atom stereocenters. The van der Waals surface area contributed by atoms with Gasteiger partial charge in [0.1, 0.15) is 5.75 Å². The number of ether oxygens (including phenoxy) is 1. The highest BCUT2D eigenvalue weighted by Crippen LogP contribution is 2.79. The van der Waals surface area contributed by atoms with Crippen LogP contribution in [0.1, 0.15) is 30.0 Å². The molecular weight excluding hydrogens is 422 g/mol. The summed E-state index contributed by atoms with van der Waals surface area (Å²) in [5.74, 6) is 1.66. The van der Waals surface area contributed by atoms with E-state index in [-0.39, 0.29) is 10.3 Å². The number of nitrogens with two attached hydrogens (primary N) is 1. The van der Waals surface area contributed by atoms with E-state index in [2.05, 4.69) is 42.4 Å². The quantitative estimate of drug-likeness (QED) is 0.597. The van der Waals surface area contributed by atoms with E-state index in [0.717, 1.165) is 43.7 Å². The molecule has 2 aromatic rings. The fraction of sp³-hybridized carbons (Fsp3) is 0.520. The summed E-state index contributed by atoms with van der Waals surface area (Å²) in [6.07, 6.45) is 3.11. The zero-order valence-corrected chi connectivity index (χ0v) is 19.9. The fourth-order valence-corrected chi connectivity index (χ4v) is 7.48. The molecule has 3 N–H and O–H groups in total. The SMILES string of the molecule is COc1ccc2c(c1)[C@@]1(CCNCCc3ccc(S(N)(=O)=O)cc3)[C@H]3CN(C)[C@H](C2)[C@]31C. The molecule has 2 aromatic carbocycles. The number of sulfonamides is 1. The normalized spacial score (nSPS) is 30.6. The predicted octanol–water partition coefficient (Wildman–Crippen LogP) is 2.31. The summed E-state index contributed by atoms with van der Waals surface area (Å²) in [6, 6.07) is 14.1. The molecule has 32 heavy (non-hydrogen) atoms. The largest absolute Gasteiger partial charge is 0.497 e. The highest BCUT2D eigenvalue weighted by Gasteiger charge is 2.81. The minimum atomic E-state index is -3.63. The first kappa shape index (κ1) is 21.9. The van der Waals surface area contributed by atoms with Crippen LogP contribution in [-0.2, 0) is 28.3 Å². The molecular formula is C25H33N3O3S. The summed E-state index contributed by atoms with van der Waals surface area (Å²) in [4.78, 5) is 2.72. The molecule has 1 saturated heterocycles. The van der Waals surface area contributed by atoms with E-state index in [1.807, 2.05) is 12.1 Å². The minimum absolute atomic E-state index is 0.160. The molecule has 1 aliphatic heterocycles. The number of primary sulfonamides is 1.